The Balaban J connectivity index is 0.00000288. The summed E-state index contributed by atoms with van der Waals surface area (Å²) in [5, 5.41) is 0. The van der Waals surface area contributed by atoms with E-state index in [1.807, 2.05) is 11.0 Å². The summed E-state index contributed by atoms with van der Waals surface area (Å²) in [6, 6.07) is 4.94. The fourth-order valence-corrected chi connectivity index (χ4v) is 2.09. The topological polar surface area (TPSA) is 80.0 Å². The molecule has 132 valence electrons. The van der Waals surface area contributed by atoms with Crippen molar-refractivity contribution in [2.75, 3.05) is 13.1 Å². The van der Waals surface area contributed by atoms with E-state index in [-0.39, 0.29) is 30.9 Å². The second-order valence-corrected chi connectivity index (χ2v) is 5.05. The zero-order valence-electron chi connectivity index (χ0n) is 12.8. The largest absolute Gasteiger partial charge is 0.416 e. The molecule has 0 fully saturated rings. The number of benzene rings is 1. The molecule has 4 N–H and O–H groups in total. The van der Waals surface area contributed by atoms with E-state index < -0.39 is 11.7 Å². The first-order chi connectivity index (χ1) is 10.9. The monoisotopic (exact) mass is 361 g/mol. The maximum absolute atomic E-state index is 12.6. The Labute approximate surface area is 144 Å². The van der Waals surface area contributed by atoms with Crippen LogP contribution < -0.4 is 11.5 Å². The van der Waals surface area contributed by atoms with E-state index in [0.29, 0.717) is 12.1 Å². The number of halogens is 4. The molecular formula is C15H19ClF3N5. The first kappa shape index (κ1) is 19.8. The van der Waals surface area contributed by atoms with Crippen molar-refractivity contribution in [1.29, 1.82) is 0 Å². The molecule has 5 nitrogen and oxygen atoms in total. The Morgan fingerprint density at radius 3 is 2.58 bits per heavy atom. The van der Waals surface area contributed by atoms with Crippen molar-refractivity contribution in [1.82, 2.24) is 4.90 Å². The van der Waals surface area contributed by atoms with Crippen LogP contribution in [0.1, 0.15) is 17.5 Å². The van der Waals surface area contributed by atoms with Crippen LogP contribution in [0.3, 0.4) is 0 Å². The van der Waals surface area contributed by atoms with Gasteiger partial charge in [-0.3, -0.25) is 0 Å². The molecular weight excluding hydrogens is 343 g/mol. The Hall–Kier alpha value is -2.22. The first-order valence-corrected chi connectivity index (χ1v) is 7.06. The summed E-state index contributed by atoms with van der Waals surface area (Å²) in [4.78, 5) is 9.79. The zero-order chi connectivity index (χ0) is 16.9. The number of nitrogens with zero attached hydrogens (tertiary/aromatic N) is 3. The maximum atomic E-state index is 12.6. The number of aliphatic imine (C=N–C) groups is 2. The molecule has 1 aliphatic rings. The third-order valence-corrected chi connectivity index (χ3v) is 3.29. The summed E-state index contributed by atoms with van der Waals surface area (Å²) in [5.41, 5.74) is 11.2. The molecule has 0 aromatic heterocycles. The minimum Gasteiger partial charge on any atom is -0.369 e. The van der Waals surface area contributed by atoms with Crippen LogP contribution >= 0.6 is 12.4 Å². The summed E-state index contributed by atoms with van der Waals surface area (Å²) in [6.07, 6.45) is 0.518. The molecule has 0 aliphatic carbocycles. The zero-order valence-corrected chi connectivity index (χ0v) is 13.6. The van der Waals surface area contributed by atoms with E-state index in [0.717, 1.165) is 25.1 Å². The van der Waals surface area contributed by atoms with Crippen LogP contribution in [0.25, 0.3) is 0 Å². The lowest BCUT2D eigenvalue weighted by Gasteiger charge is -2.23. The summed E-state index contributed by atoms with van der Waals surface area (Å²) in [7, 11) is 0. The molecule has 2 rings (SSSR count). The van der Waals surface area contributed by atoms with Crippen molar-refractivity contribution in [2.45, 2.75) is 19.1 Å². The minimum absolute atomic E-state index is 0. The average molecular weight is 362 g/mol. The molecule has 0 amide bonds. The molecule has 9 heteroatoms. The fraction of sp³-hybridized carbons (Fsp3) is 0.333. The van der Waals surface area contributed by atoms with Crippen LogP contribution in [0.5, 0.6) is 0 Å². The van der Waals surface area contributed by atoms with Crippen molar-refractivity contribution in [3.63, 3.8) is 0 Å². The normalized spacial score (nSPS) is 16.0. The van der Waals surface area contributed by atoms with Crippen LogP contribution in [0.4, 0.5) is 13.2 Å². The second kappa shape index (κ2) is 8.58. The van der Waals surface area contributed by atoms with Gasteiger partial charge in [0.25, 0.3) is 0 Å². The Morgan fingerprint density at radius 1 is 1.21 bits per heavy atom. The number of hydrogen-bond acceptors (Lipinski definition) is 1. The van der Waals surface area contributed by atoms with E-state index in [1.165, 1.54) is 6.07 Å². The average Bonchev–Trinajstić information content (AvgIpc) is 2.53. The predicted octanol–water partition coefficient (Wildman–Crippen LogP) is 2.52. The molecule has 0 spiro atoms. The third kappa shape index (κ3) is 5.77. The molecule has 0 saturated heterocycles. The van der Waals surface area contributed by atoms with Crippen molar-refractivity contribution in [3.05, 3.63) is 47.5 Å². The summed E-state index contributed by atoms with van der Waals surface area (Å²) >= 11 is 0. The molecule has 0 radical (unpaired) electrons. The van der Waals surface area contributed by atoms with E-state index in [9.17, 15) is 13.2 Å². The van der Waals surface area contributed by atoms with Gasteiger partial charge in [0.05, 0.1) is 12.1 Å². The quantitative estimate of drug-likeness (QED) is 0.482. The van der Waals surface area contributed by atoms with Gasteiger partial charge in [-0.05, 0) is 24.1 Å². The van der Waals surface area contributed by atoms with Gasteiger partial charge in [-0.2, -0.15) is 18.2 Å². The molecule has 0 bridgehead atoms. The lowest BCUT2D eigenvalue weighted by atomic mass is 10.1. The summed E-state index contributed by atoms with van der Waals surface area (Å²) < 4.78 is 37.9. The Kier molecular flexibility index (Phi) is 7.09. The number of guanidine groups is 2. The van der Waals surface area contributed by atoms with Gasteiger partial charge in [0, 0.05) is 13.1 Å². The van der Waals surface area contributed by atoms with Crippen LogP contribution in [0.15, 0.2) is 46.4 Å². The van der Waals surface area contributed by atoms with E-state index in [4.69, 9.17) is 11.5 Å². The molecule has 0 saturated carbocycles. The molecule has 1 aliphatic heterocycles. The molecule has 1 aromatic rings. The SMILES string of the molecule is Cl.NC(=NCc1cccc(C(F)(F)F)c1)N=C(N)N1CC=CCC1. The first-order valence-electron chi connectivity index (χ1n) is 7.06. The summed E-state index contributed by atoms with van der Waals surface area (Å²) in [5.74, 6) is 0.189. The van der Waals surface area contributed by atoms with Gasteiger partial charge in [0.2, 0.25) is 5.96 Å². The number of rotatable bonds is 2. The maximum Gasteiger partial charge on any atom is 0.416 e. The standard InChI is InChI=1S/C15H18F3N5.ClH/c16-15(17,18)12-6-4-5-11(9-12)10-21-13(19)22-14(20)23-7-2-1-3-8-23;/h1-2,4-6,9H,3,7-8,10H2,(H4,19,20,21,22);1H. The number of nitrogens with two attached hydrogens (primary N) is 2. The van der Waals surface area contributed by atoms with Crippen LogP contribution in [0, 0.1) is 0 Å². The van der Waals surface area contributed by atoms with Crippen molar-refractivity contribution < 1.29 is 13.2 Å². The van der Waals surface area contributed by atoms with E-state index in [2.05, 4.69) is 16.1 Å². The van der Waals surface area contributed by atoms with Crippen LogP contribution in [-0.2, 0) is 12.7 Å². The van der Waals surface area contributed by atoms with Gasteiger partial charge in [0.15, 0.2) is 5.96 Å². The lowest BCUT2D eigenvalue weighted by molar-refractivity contribution is -0.137. The highest BCUT2D eigenvalue weighted by molar-refractivity contribution is 5.93. The van der Waals surface area contributed by atoms with Gasteiger partial charge in [-0.15, -0.1) is 12.4 Å². The van der Waals surface area contributed by atoms with E-state index >= 15 is 0 Å². The Morgan fingerprint density at radius 2 is 1.96 bits per heavy atom. The molecule has 24 heavy (non-hydrogen) atoms. The molecule has 0 unspecified atom stereocenters. The second-order valence-electron chi connectivity index (χ2n) is 5.05. The fourth-order valence-electron chi connectivity index (χ4n) is 2.09. The van der Waals surface area contributed by atoms with E-state index in [1.54, 1.807) is 6.07 Å². The van der Waals surface area contributed by atoms with Crippen LogP contribution in [0.2, 0.25) is 0 Å². The predicted molar refractivity (Wildman–Crippen MR) is 91.0 cm³/mol. The molecule has 1 aromatic carbocycles. The smallest absolute Gasteiger partial charge is 0.369 e. The van der Waals surface area contributed by atoms with Crippen molar-refractivity contribution in [2.24, 2.45) is 21.5 Å². The van der Waals surface area contributed by atoms with Crippen molar-refractivity contribution >= 4 is 24.3 Å². The van der Waals surface area contributed by atoms with Crippen molar-refractivity contribution in [3.8, 4) is 0 Å². The van der Waals surface area contributed by atoms with Gasteiger partial charge in [-0.25, -0.2) is 4.99 Å². The minimum atomic E-state index is -4.38. The molecule has 1 heterocycles. The Bertz CT molecular complexity index is 640. The lowest BCUT2D eigenvalue weighted by Crippen LogP contribution is -2.40. The summed E-state index contributed by atoms with van der Waals surface area (Å²) in [6.45, 7) is 1.40. The highest BCUT2D eigenvalue weighted by atomic mass is 35.5. The molecule has 0 atom stereocenters. The van der Waals surface area contributed by atoms with Crippen LogP contribution in [-0.4, -0.2) is 29.9 Å². The number of alkyl halides is 3. The number of hydrogen-bond donors (Lipinski definition) is 2. The third-order valence-electron chi connectivity index (χ3n) is 3.29. The highest BCUT2D eigenvalue weighted by Crippen LogP contribution is 2.29. The van der Waals surface area contributed by atoms with Gasteiger partial charge in [-0.1, -0.05) is 24.3 Å². The van der Waals surface area contributed by atoms with Gasteiger partial charge >= 0.3 is 6.18 Å². The highest BCUT2D eigenvalue weighted by Gasteiger charge is 2.30. The van der Waals surface area contributed by atoms with Gasteiger partial charge < -0.3 is 16.4 Å². The van der Waals surface area contributed by atoms with Gasteiger partial charge in [0.1, 0.15) is 0 Å².